The number of alkyl halides is 3. The van der Waals surface area contributed by atoms with Crippen LogP contribution in [-0.2, 0) is 0 Å². The number of benzene rings is 1. The molecule has 3 heterocycles. The smallest absolute Gasteiger partial charge is 0.420 e. The lowest BCUT2D eigenvalue weighted by molar-refractivity contribution is -0.0964. The number of anilines is 2. The minimum Gasteiger partial charge on any atom is -0.420 e. The number of hydrogen-bond donors (Lipinski definition) is 1. The molecule has 12 heteroatoms. The lowest BCUT2D eigenvalue weighted by Crippen LogP contribution is -2.46. The minimum atomic E-state index is -3.74. The average molecular weight is 497 g/mol. The van der Waals surface area contributed by atoms with E-state index < -0.39 is 11.5 Å². The molecule has 33 heavy (non-hydrogen) atoms. The lowest BCUT2D eigenvalue weighted by atomic mass is 10.1. The molecule has 4 rings (SSSR count). The van der Waals surface area contributed by atoms with E-state index in [1.807, 2.05) is 0 Å². The molecule has 1 aliphatic rings. The van der Waals surface area contributed by atoms with Crippen LogP contribution in [0.25, 0.3) is 11.3 Å². The second-order valence-corrected chi connectivity index (χ2v) is 7.54. The van der Waals surface area contributed by atoms with Gasteiger partial charge in [-0.15, -0.1) is 21.2 Å². The largest absolute Gasteiger partial charge is 0.487 e. The zero-order valence-corrected chi connectivity index (χ0v) is 18.8. The van der Waals surface area contributed by atoms with Crippen molar-refractivity contribution in [2.24, 2.45) is 5.73 Å². The molecule has 0 bridgehead atoms. The Balaban J connectivity index is 0.00000306. The van der Waals surface area contributed by atoms with Gasteiger partial charge in [0.15, 0.2) is 0 Å². The van der Waals surface area contributed by atoms with Crippen molar-refractivity contribution in [3.05, 3.63) is 60.7 Å². The van der Waals surface area contributed by atoms with Crippen LogP contribution in [0.15, 0.2) is 55.1 Å². The van der Waals surface area contributed by atoms with E-state index in [0.29, 0.717) is 48.8 Å². The maximum atomic E-state index is 12.8. The standard InChI is InChI=1S/C21H19ClF2N6O2.ClH/c22-21(23,24)32-17-3-1-16(2-4-17)29-5-7-30(8-6-29)19-13-27-12-18(28-19)14-9-15(20(25)31)11-26-10-14;/h1-4,9-13H,5-8H2,(H2,25,31);1H. The number of nitrogens with zero attached hydrogens (tertiary/aromatic N) is 5. The summed E-state index contributed by atoms with van der Waals surface area (Å²) in [5, 5.41) is 0. The second-order valence-electron chi connectivity index (χ2n) is 7.10. The van der Waals surface area contributed by atoms with Crippen LogP contribution in [0.2, 0.25) is 0 Å². The summed E-state index contributed by atoms with van der Waals surface area (Å²) in [6.07, 6.45) is 6.30. The number of primary amides is 1. The highest BCUT2D eigenvalue weighted by Crippen LogP contribution is 2.28. The Kier molecular flexibility index (Phi) is 7.50. The third-order valence-electron chi connectivity index (χ3n) is 4.98. The molecule has 0 atom stereocenters. The Labute approximate surface area is 199 Å². The monoisotopic (exact) mass is 496 g/mol. The van der Waals surface area contributed by atoms with Gasteiger partial charge in [-0.25, -0.2) is 4.98 Å². The van der Waals surface area contributed by atoms with Gasteiger partial charge in [-0.05, 0) is 30.3 Å². The fraction of sp³-hybridized carbons (Fsp3) is 0.238. The number of pyridine rings is 1. The quantitative estimate of drug-likeness (QED) is 0.521. The zero-order chi connectivity index (χ0) is 22.7. The molecular formula is C21H20Cl2F2N6O2. The van der Waals surface area contributed by atoms with E-state index in [2.05, 4.69) is 29.5 Å². The van der Waals surface area contributed by atoms with Crippen molar-refractivity contribution in [1.29, 1.82) is 0 Å². The van der Waals surface area contributed by atoms with Crippen LogP contribution in [0.1, 0.15) is 10.4 Å². The molecule has 2 aromatic heterocycles. The van der Waals surface area contributed by atoms with Crippen LogP contribution < -0.4 is 20.3 Å². The molecule has 0 unspecified atom stereocenters. The maximum Gasteiger partial charge on any atom is 0.487 e. The van der Waals surface area contributed by atoms with E-state index in [9.17, 15) is 13.6 Å². The number of halogens is 4. The summed E-state index contributed by atoms with van der Waals surface area (Å²) >= 11 is 4.80. The molecule has 1 aliphatic heterocycles. The Morgan fingerprint density at radius 1 is 1.00 bits per heavy atom. The Bertz CT molecular complexity index is 1110. The van der Waals surface area contributed by atoms with Crippen molar-refractivity contribution >= 4 is 41.4 Å². The van der Waals surface area contributed by atoms with Gasteiger partial charge in [0.05, 0.1) is 23.7 Å². The summed E-state index contributed by atoms with van der Waals surface area (Å²) < 4.78 is 29.9. The van der Waals surface area contributed by atoms with Crippen LogP contribution in [0.3, 0.4) is 0 Å². The summed E-state index contributed by atoms with van der Waals surface area (Å²) in [6, 6.07) is 7.98. The van der Waals surface area contributed by atoms with Crippen molar-refractivity contribution in [2.45, 2.75) is 5.57 Å². The molecule has 0 spiro atoms. The molecule has 0 radical (unpaired) electrons. The summed E-state index contributed by atoms with van der Waals surface area (Å²) in [5.41, 5.74) is 4.03. The first-order valence-corrected chi connectivity index (χ1v) is 10.1. The molecule has 2 N–H and O–H groups in total. The molecule has 174 valence electrons. The third kappa shape index (κ3) is 6.17. The van der Waals surface area contributed by atoms with Gasteiger partial charge in [0.2, 0.25) is 5.91 Å². The van der Waals surface area contributed by atoms with Crippen LogP contribution >= 0.6 is 24.0 Å². The molecule has 0 saturated carbocycles. The molecule has 1 amide bonds. The van der Waals surface area contributed by atoms with Crippen LogP contribution in [-0.4, -0.2) is 52.6 Å². The molecule has 1 saturated heterocycles. The van der Waals surface area contributed by atoms with Gasteiger partial charge < -0.3 is 20.3 Å². The van der Waals surface area contributed by atoms with Gasteiger partial charge in [0.25, 0.3) is 0 Å². The van der Waals surface area contributed by atoms with Crippen LogP contribution in [0.5, 0.6) is 5.75 Å². The van der Waals surface area contributed by atoms with Crippen molar-refractivity contribution in [2.75, 3.05) is 36.0 Å². The summed E-state index contributed by atoms with van der Waals surface area (Å²) in [4.78, 5) is 28.6. The number of aromatic nitrogens is 3. The summed E-state index contributed by atoms with van der Waals surface area (Å²) in [7, 11) is 0. The predicted octanol–water partition coefficient (Wildman–Crippen LogP) is 3.55. The Morgan fingerprint density at radius 2 is 1.64 bits per heavy atom. The van der Waals surface area contributed by atoms with Gasteiger partial charge in [-0.2, -0.15) is 0 Å². The summed E-state index contributed by atoms with van der Waals surface area (Å²) in [5.74, 6) is 0.143. The van der Waals surface area contributed by atoms with E-state index in [-0.39, 0.29) is 18.2 Å². The van der Waals surface area contributed by atoms with Crippen LogP contribution in [0.4, 0.5) is 20.3 Å². The fourth-order valence-electron chi connectivity index (χ4n) is 3.41. The van der Waals surface area contributed by atoms with Crippen molar-refractivity contribution < 1.29 is 18.3 Å². The predicted molar refractivity (Wildman–Crippen MR) is 123 cm³/mol. The molecular weight excluding hydrogens is 477 g/mol. The fourth-order valence-corrected chi connectivity index (χ4v) is 3.50. The van der Waals surface area contributed by atoms with Gasteiger partial charge in [0.1, 0.15) is 11.6 Å². The third-order valence-corrected chi connectivity index (χ3v) is 5.06. The van der Waals surface area contributed by atoms with Gasteiger partial charge in [-0.1, -0.05) is 0 Å². The van der Waals surface area contributed by atoms with E-state index in [1.165, 1.54) is 18.3 Å². The first-order valence-electron chi connectivity index (χ1n) is 9.71. The highest BCUT2D eigenvalue weighted by Gasteiger charge is 2.27. The number of carbonyl (C=O) groups is 1. The number of ether oxygens (including phenoxy) is 1. The van der Waals surface area contributed by atoms with Gasteiger partial charge in [0, 0.05) is 61.4 Å². The first kappa shape index (κ1) is 24.4. The highest BCUT2D eigenvalue weighted by atomic mass is 35.5. The number of nitrogens with two attached hydrogens (primary N) is 1. The molecule has 1 fully saturated rings. The summed E-state index contributed by atoms with van der Waals surface area (Å²) in [6.45, 7) is 2.79. The highest BCUT2D eigenvalue weighted by molar-refractivity contribution is 6.20. The maximum absolute atomic E-state index is 12.8. The van der Waals surface area contributed by atoms with Crippen molar-refractivity contribution in [3.8, 4) is 17.0 Å². The molecule has 0 aliphatic carbocycles. The number of amides is 1. The van der Waals surface area contributed by atoms with E-state index >= 15 is 0 Å². The molecule has 3 aromatic rings. The number of rotatable bonds is 6. The number of piperazine rings is 1. The Morgan fingerprint density at radius 3 is 2.27 bits per heavy atom. The zero-order valence-electron chi connectivity index (χ0n) is 17.2. The topological polar surface area (TPSA) is 97.5 Å². The SMILES string of the molecule is Cl.NC(=O)c1cncc(-c2cncc(N3CCN(c4ccc(OC(F)(F)Cl)cc4)CC3)n2)c1. The number of carbonyl (C=O) groups excluding carboxylic acids is 1. The normalized spacial score (nSPS) is 13.9. The van der Waals surface area contributed by atoms with Gasteiger partial charge >= 0.3 is 5.57 Å². The first-order chi connectivity index (χ1) is 15.3. The van der Waals surface area contributed by atoms with Crippen molar-refractivity contribution in [3.63, 3.8) is 0 Å². The number of hydrogen-bond acceptors (Lipinski definition) is 7. The van der Waals surface area contributed by atoms with E-state index in [1.54, 1.807) is 36.8 Å². The van der Waals surface area contributed by atoms with E-state index in [4.69, 9.17) is 17.3 Å². The van der Waals surface area contributed by atoms with Gasteiger partial charge in [-0.3, -0.25) is 14.8 Å². The second kappa shape index (κ2) is 10.1. The average Bonchev–Trinajstić information content (AvgIpc) is 2.79. The Hall–Kier alpha value is -3.24. The minimum absolute atomic E-state index is 0. The molecule has 1 aromatic carbocycles. The van der Waals surface area contributed by atoms with Crippen molar-refractivity contribution in [1.82, 2.24) is 15.0 Å². The van der Waals surface area contributed by atoms with E-state index in [0.717, 1.165) is 5.69 Å². The molecule has 8 nitrogen and oxygen atoms in total. The lowest BCUT2D eigenvalue weighted by Gasteiger charge is -2.36. The van der Waals surface area contributed by atoms with Crippen LogP contribution in [0, 0.1) is 0 Å².